The van der Waals surface area contributed by atoms with Crippen molar-refractivity contribution in [1.29, 1.82) is 5.41 Å². The molecule has 0 saturated carbocycles. The van der Waals surface area contributed by atoms with Crippen LogP contribution >= 0.6 is 11.3 Å². The van der Waals surface area contributed by atoms with E-state index in [1.54, 1.807) is 12.1 Å². The van der Waals surface area contributed by atoms with Crippen LogP contribution in [-0.4, -0.2) is 53.9 Å². The number of aliphatic carboxylic acids is 1. The van der Waals surface area contributed by atoms with E-state index in [0.717, 1.165) is 21.2 Å². The molecule has 3 atom stereocenters. The number of hydrogen-bond donors (Lipinski definition) is 7. The zero-order chi connectivity index (χ0) is 25.5. The number of fused-ring (bicyclic) bond motifs is 1. The number of unbranched alkanes of at least 4 members (excludes halogenated alkanes) is 1. The fourth-order valence-electron chi connectivity index (χ4n) is 4.11. The smallest absolute Gasteiger partial charge is 0.330 e. The number of amidine groups is 1. The summed E-state index contributed by atoms with van der Waals surface area (Å²) in [4.78, 5) is 36.6. The van der Waals surface area contributed by atoms with E-state index >= 15 is 0 Å². The molecule has 0 bridgehead atoms. The van der Waals surface area contributed by atoms with Crippen molar-refractivity contribution >= 4 is 45.0 Å². The van der Waals surface area contributed by atoms with Crippen molar-refractivity contribution < 1.29 is 19.5 Å². The Morgan fingerprint density at radius 1 is 1.31 bits per heavy atom. The Hall–Kier alpha value is -3.28. The molecule has 0 radical (unpaired) electrons. The third-order valence-electron chi connectivity index (χ3n) is 5.98. The molecular weight excluding hydrogens is 468 g/mol. The molecule has 9 N–H and O–H groups in total. The summed E-state index contributed by atoms with van der Waals surface area (Å²) in [5.74, 6) is -1.79. The molecule has 0 spiro atoms. The Labute approximate surface area is 207 Å². The first kappa shape index (κ1) is 26.3. The highest BCUT2D eigenvalue weighted by atomic mass is 32.1. The van der Waals surface area contributed by atoms with Crippen molar-refractivity contribution in [2.24, 2.45) is 11.5 Å². The van der Waals surface area contributed by atoms with Gasteiger partial charge in [0.2, 0.25) is 11.8 Å². The van der Waals surface area contributed by atoms with E-state index in [0.29, 0.717) is 37.9 Å². The van der Waals surface area contributed by atoms with Crippen LogP contribution in [0.15, 0.2) is 35.2 Å². The summed E-state index contributed by atoms with van der Waals surface area (Å²) >= 11 is 1.47. The fourth-order valence-corrected chi connectivity index (χ4v) is 5.21. The van der Waals surface area contributed by atoms with E-state index in [4.69, 9.17) is 16.9 Å². The normalized spacial score (nSPS) is 17.0. The second-order valence-electron chi connectivity index (χ2n) is 8.62. The number of thiophene rings is 1. The average Bonchev–Trinajstić information content (AvgIpc) is 3.43. The number of carboxylic acid groups (broad SMARTS) is 1. The van der Waals surface area contributed by atoms with Crippen LogP contribution in [0.25, 0.3) is 10.1 Å². The molecule has 0 aliphatic carbocycles. The molecule has 1 aliphatic heterocycles. The number of rotatable bonds is 12. The Kier molecular flexibility index (Phi) is 8.96. The lowest BCUT2D eigenvalue weighted by molar-refractivity contribution is -0.142. The minimum atomic E-state index is -1.12. The van der Waals surface area contributed by atoms with E-state index in [9.17, 15) is 19.5 Å². The van der Waals surface area contributed by atoms with Crippen LogP contribution in [0.2, 0.25) is 0 Å². The zero-order valence-electron chi connectivity index (χ0n) is 19.6. The Morgan fingerprint density at radius 2 is 2.09 bits per heavy atom. The maximum absolute atomic E-state index is 12.4. The minimum Gasteiger partial charge on any atom is -0.479 e. The second kappa shape index (κ2) is 11.9. The van der Waals surface area contributed by atoms with Gasteiger partial charge in [-0.1, -0.05) is 24.3 Å². The lowest BCUT2D eigenvalue weighted by Crippen LogP contribution is -2.44. The third-order valence-corrected chi connectivity index (χ3v) is 7.14. The van der Waals surface area contributed by atoms with Gasteiger partial charge in [0, 0.05) is 29.8 Å². The number of hydrogen-bond acceptors (Lipinski definition) is 7. The molecule has 0 saturated heterocycles. The first-order valence-electron chi connectivity index (χ1n) is 11.5. The molecule has 0 fully saturated rings. The van der Waals surface area contributed by atoms with Crippen LogP contribution in [0, 0.1) is 12.3 Å². The van der Waals surface area contributed by atoms with Gasteiger partial charge in [0.15, 0.2) is 6.04 Å². The minimum absolute atomic E-state index is 0.00745. The molecule has 1 aliphatic rings. The predicted octanol–water partition coefficient (Wildman–Crippen LogP) is 1.29. The largest absolute Gasteiger partial charge is 0.479 e. The maximum Gasteiger partial charge on any atom is 0.330 e. The maximum atomic E-state index is 12.4. The Balaban J connectivity index is 1.42. The second-order valence-corrected chi connectivity index (χ2v) is 9.50. The lowest BCUT2D eigenvalue weighted by Gasteiger charge is -2.18. The van der Waals surface area contributed by atoms with Crippen molar-refractivity contribution in [3.05, 3.63) is 46.4 Å². The quantitative estimate of drug-likeness (QED) is 0.0991. The van der Waals surface area contributed by atoms with Gasteiger partial charge in [0.1, 0.15) is 5.84 Å². The molecule has 188 valence electrons. The van der Waals surface area contributed by atoms with Crippen molar-refractivity contribution in [3.8, 4) is 0 Å². The van der Waals surface area contributed by atoms with Crippen LogP contribution in [0.3, 0.4) is 0 Å². The summed E-state index contributed by atoms with van der Waals surface area (Å²) in [5, 5.41) is 28.7. The summed E-state index contributed by atoms with van der Waals surface area (Å²) in [7, 11) is 0. The molecule has 35 heavy (non-hydrogen) atoms. The van der Waals surface area contributed by atoms with Gasteiger partial charge < -0.3 is 32.5 Å². The van der Waals surface area contributed by atoms with Gasteiger partial charge in [-0.15, -0.1) is 11.3 Å². The first-order chi connectivity index (χ1) is 16.7. The highest BCUT2D eigenvalue weighted by molar-refractivity contribution is 7.17. The van der Waals surface area contributed by atoms with Gasteiger partial charge in [0.05, 0.1) is 12.1 Å². The molecule has 10 nitrogen and oxygen atoms in total. The lowest BCUT2D eigenvalue weighted by atomic mass is 10.0. The number of nitrogens with one attached hydrogen (secondary N) is 4. The topological polar surface area (TPSA) is 183 Å². The van der Waals surface area contributed by atoms with Gasteiger partial charge in [-0.05, 0) is 48.1 Å². The van der Waals surface area contributed by atoms with Crippen LogP contribution in [0.5, 0.6) is 0 Å². The van der Waals surface area contributed by atoms with E-state index in [2.05, 4.69) is 16.0 Å². The molecule has 1 aromatic carbocycles. The van der Waals surface area contributed by atoms with E-state index in [-0.39, 0.29) is 30.1 Å². The number of benzene rings is 1. The van der Waals surface area contributed by atoms with Crippen molar-refractivity contribution in [2.45, 2.75) is 50.7 Å². The monoisotopic (exact) mass is 500 g/mol. The van der Waals surface area contributed by atoms with E-state index < -0.39 is 18.1 Å². The van der Waals surface area contributed by atoms with Crippen molar-refractivity contribution in [2.75, 3.05) is 13.1 Å². The number of amides is 2. The molecule has 11 heteroatoms. The van der Waals surface area contributed by atoms with Crippen LogP contribution < -0.4 is 27.4 Å². The molecule has 2 amide bonds. The molecular formula is C24H32N6O4S. The van der Waals surface area contributed by atoms with Gasteiger partial charge in [-0.3, -0.25) is 15.0 Å². The summed E-state index contributed by atoms with van der Waals surface area (Å²) < 4.78 is 0.857. The van der Waals surface area contributed by atoms with Gasteiger partial charge >= 0.3 is 5.97 Å². The zero-order valence-corrected chi connectivity index (χ0v) is 20.4. The number of carbonyl (C=O) groups excluding carboxylic acids is 2. The number of carbonyl (C=O) groups is 3. The summed E-state index contributed by atoms with van der Waals surface area (Å²) in [6.45, 7) is 2.90. The summed E-state index contributed by atoms with van der Waals surface area (Å²) in [6, 6.07) is 3.21. The van der Waals surface area contributed by atoms with Crippen LogP contribution in [-0.2, 0) is 14.4 Å². The summed E-state index contributed by atoms with van der Waals surface area (Å²) in [5.41, 5.74) is 14.0. The molecule has 3 rings (SSSR count). The van der Waals surface area contributed by atoms with Crippen molar-refractivity contribution in [1.82, 2.24) is 16.0 Å². The van der Waals surface area contributed by atoms with Crippen LogP contribution in [0.4, 0.5) is 0 Å². The molecule has 1 aromatic heterocycles. The third kappa shape index (κ3) is 6.65. The van der Waals surface area contributed by atoms with Gasteiger partial charge in [-0.2, -0.15) is 0 Å². The van der Waals surface area contributed by atoms with Gasteiger partial charge in [-0.25, -0.2) is 4.79 Å². The standard InChI is InChI=1S/C24H32N6O4S/c1-13-12-35-21-15(13)5-4-6-16(21)20(24(33)34)30-18(31)7-2-3-9-29-23(32)17(25)11-14-8-10-28-19(14)22(26)27/h4-6,8,12,17,19-20,28H,2-3,7,9-11,25H2,1H3,(H3,26,27)(H,29,32)(H,30,31)(H,33,34). The Bertz CT molecular complexity index is 1140. The Morgan fingerprint density at radius 3 is 2.80 bits per heavy atom. The van der Waals surface area contributed by atoms with Crippen LogP contribution in [0.1, 0.15) is 42.9 Å². The van der Waals surface area contributed by atoms with E-state index in [1.807, 2.05) is 24.4 Å². The molecule has 2 heterocycles. The SMILES string of the molecule is Cc1csc2c(C(NC(=O)CCCCNC(=O)C(N)CC3=CCNC3C(=N)N)C(=O)O)cccc12. The van der Waals surface area contributed by atoms with Gasteiger partial charge in [0.25, 0.3) is 0 Å². The highest BCUT2D eigenvalue weighted by Crippen LogP contribution is 2.32. The fraction of sp³-hybridized carbons (Fsp3) is 0.417. The number of aryl methyl sites for hydroxylation is 1. The first-order valence-corrected chi connectivity index (χ1v) is 12.4. The average molecular weight is 501 g/mol. The van der Waals surface area contributed by atoms with Crippen molar-refractivity contribution in [3.63, 3.8) is 0 Å². The number of nitrogens with two attached hydrogens (primary N) is 2. The molecule has 3 unspecified atom stereocenters. The summed E-state index contributed by atoms with van der Waals surface area (Å²) in [6.07, 6.45) is 3.37. The molecule has 2 aromatic rings. The predicted molar refractivity (Wildman–Crippen MR) is 136 cm³/mol. The highest BCUT2D eigenvalue weighted by Gasteiger charge is 2.26. The number of carboxylic acids is 1. The van der Waals surface area contributed by atoms with E-state index in [1.165, 1.54) is 11.3 Å².